The summed E-state index contributed by atoms with van der Waals surface area (Å²) in [7, 11) is 1.68. The van der Waals surface area contributed by atoms with Gasteiger partial charge in [-0.2, -0.15) is 0 Å². The fourth-order valence-electron chi connectivity index (χ4n) is 2.97. The molecule has 3 nitrogen and oxygen atoms in total. The van der Waals surface area contributed by atoms with Crippen molar-refractivity contribution in [3.05, 3.63) is 72.2 Å². The van der Waals surface area contributed by atoms with Gasteiger partial charge < -0.3 is 15.2 Å². The summed E-state index contributed by atoms with van der Waals surface area (Å²) in [5.74, 6) is 3.01. The third kappa shape index (κ3) is 2.64. The van der Waals surface area contributed by atoms with Crippen LogP contribution in [-0.2, 0) is 0 Å². The van der Waals surface area contributed by atoms with Crippen molar-refractivity contribution in [3.63, 3.8) is 0 Å². The van der Waals surface area contributed by atoms with Crippen LogP contribution >= 0.6 is 0 Å². The highest BCUT2D eigenvalue weighted by molar-refractivity contribution is 6.73. The van der Waals surface area contributed by atoms with Crippen molar-refractivity contribution in [1.29, 1.82) is 0 Å². The summed E-state index contributed by atoms with van der Waals surface area (Å²) in [4.78, 5) is 0. The summed E-state index contributed by atoms with van der Waals surface area (Å²) < 4.78 is 5.19. The van der Waals surface area contributed by atoms with Crippen molar-refractivity contribution in [3.8, 4) is 5.75 Å². The lowest BCUT2D eigenvalue weighted by atomic mass is 9.73. The van der Waals surface area contributed by atoms with Crippen molar-refractivity contribution < 1.29 is 4.74 Å². The van der Waals surface area contributed by atoms with Gasteiger partial charge in [-0.25, -0.2) is 0 Å². The second-order valence-electron chi connectivity index (χ2n) is 5.61. The smallest absolute Gasteiger partial charge is 0.398 e. The second kappa shape index (κ2) is 5.73. The predicted molar refractivity (Wildman–Crippen MR) is 99.0 cm³/mol. The average molecular weight is 300 g/mol. The van der Waals surface area contributed by atoms with Gasteiger partial charge in [0.15, 0.2) is 0 Å². The van der Waals surface area contributed by atoms with Crippen LogP contribution in [-0.4, -0.2) is 14.1 Å². The Morgan fingerprint density at radius 3 is 2.13 bits per heavy atom. The van der Waals surface area contributed by atoms with Crippen LogP contribution in [0.2, 0.25) is 0 Å². The van der Waals surface area contributed by atoms with E-state index in [9.17, 15) is 0 Å². The van der Waals surface area contributed by atoms with Crippen molar-refractivity contribution in [2.45, 2.75) is 0 Å². The summed E-state index contributed by atoms with van der Waals surface area (Å²) in [6.07, 6.45) is 2.11. The number of anilines is 2. The van der Waals surface area contributed by atoms with Gasteiger partial charge in [-0.1, -0.05) is 48.4 Å². The zero-order valence-corrected chi connectivity index (χ0v) is 12.9. The molecule has 0 amide bonds. The van der Waals surface area contributed by atoms with Gasteiger partial charge in [0.1, 0.15) is 5.75 Å². The van der Waals surface area contributed by atoms with Gasteiger partial charge in [-0.3, -0.25) is 0 Å². The largest absolute Gasteiger partial charge is 0.497 e. The van der Waals surface area contributed by atoms with Gasteiger partial charge >= 0.3 is 6.98 Å². The second-order valence-corrected chi connectivity index (χ2v) is 5.61. The minimum Gasteiger partial charge on any atom is -0.497 e. The SMILES string of the molecule is COc1ccc(/C=C/B2Nc3cccc4cccc(c34)N2)cc1. The first-order valence-electron chi connectivity index (χ1n) is 7.70. The Morgan fingerprint density at radius 2 is 1.52 bits per heavy atom. The third-order valence-corrected chi connectivity index (χ3v) is 4.12. The van der Waals surface area contributed by atoms with E-state index in [2.05, 4.69) is 58.9 Å². The molecule has 3 aromatic carbocycles. The minimum atomic E-state index is 0.0672. The summed E-state index contributed by atoms with van der Waals surface area (Å²) in [6, 6.07) is 20.7. The van der Waals surface area contributed by atoms with Crippen LogP contribution in [0.4, 0.5) is 11.4 Å². The maximum atomic E-state index is 5.19. The van der Waals surface area contributed by atoms with Crippen molar-refractivity contribution in [2.24, 2.45) is 0 Å². The normalized spacial score (nSPS) is 13.0. The highest BCUT2D eigenvalue weighted by atomic mass is 16.5. The molecule has 0 radical (unpaired) electrons. The van der Waals surface area contributed by atoms with Crippen LogP contribution in [0.5, 0.6) is 5.75 Å². The number of ether oxygens (including phenoxy) is 1. The molecule has 0 unspecified atom stereocenters. The molecule has 2 N–H and O–H groups in total. The molecule has 0 atom stereocenters. The van der Waals surface area contributed by atoms with Gasteiger partial charge in [0.2, 0.25) is 0 Å². The van der Waals surface area contributed by atoms with E-state index in [0.717, 1.165) is 11.3 Å². The van der Waals surface area contributed by atoms with E-state index in [1.807, 2.05) is 24.3 Å². The lowest BCUT2D eigenvalue weighted by molar-refractivity contribution is 0.415. The van der Waals surface area contributed by atoms with E-state index >= 15 is 0 Å². The van der Waals surface area contributed by atoms with Gasteiger partial charge in [-0.05, 0) is 35.2 Å². The van der Waals surface area contributed by atoms with E-state index in [4.69, 9.17) is 4.74 Å². The molecule has 112 valence electrons. The molecular formula is C19H17BN2O. The Hall–Kier alpha value is -2.88. The molecule has 4 rings (SSSR count). The Labute approximate surface area is 136 Å². The molecule has 0 fully saturated rings. The molecule has 0 spiro atoms. The number of benzene rings is 3. The number of rotatable bonds is 3. The highest BCUT2D eigenvalue weighted by Gasteiger charge is 2.20. The summed E-state index contributed by atoms with van der Waals surface area (Å²) in [5, 5.41) is 9.56. The highest BCUT2D eigenvalue weighted by Crippen LogP contribution is 2.34. The fourth-order valence-corrected chi connectivity index (χ4v) is 2.97. The lowest BCUT2D eigenvalue weighted by Crippen LogP contribution is -2.35. The Bertz CT molecular complexity index is 833. The van der Waals surface area contributed by atoms with Crippen LogP contribution in [0, 0.1) is 0 Å². The number of hydrogen-bond acceptors (Lipinski definition) is 3. The van der Waals surface area contributed by atoms with Crippen LogP contribution < -0.4 is 15.2 Å². The van der Waals surface area contributed by atoms with E-state index in [1.54, 1.807) is 7.11 Å². The third-order valence-electron chi connectivity index (χ3n) is 4.12. The summed E-state index contributed by atoms with van der Waals surface area (Å²) >= 11 is 0. The molecule has 0 saturated carbocycles. The first-order chi connectivity index (χ1) is 11.3. The van der Waals surface area contributed by atoms with E-state index in [-0.39, 0.29) is 6.98 Å². The first-order valence-corrected chi connectivity index (χ1v) is 7.70. The van der Waals surface area contributed by atoms with E-state index < -0.39 is 0 Å². The lowest BCUT2D eigenvalue weighted by Gasteiger charge is -2.24. The van der Waals surface area contributed by atoms with Crippen LogP contribution in [0.3, 0.4) is 0 Å². The molecular weight excluding hydrogens is 283 g/mol. The van der Waals surface area contributed by atoms with Crippen LogP contribution in [0.1, 0.15) is 5.56 Å². The van der Waals surface area contributed by atoms with Gasteiger partial charge in [-0.15, -0.1) is 0 Å². The van der Waals surface area contributed by atoms with Crippen LogP contribution in [0.25, 0.3) is 16.8 Å². The summed E-state index contributed by atoms with van der Waals surface area (Å²) in [6.45, 7) is 0.0672. The number of hydrogen-bond donors (Lipinski definition) is 2. The average Bonchev–Trinajstić information content (AvgIpc) is 2.61. The number of nitrogens with one attached hydrogen (secondary N) is 2. The number of methoxy groups -OCH3 is 1. The van der Waals surface area contributed by atoms with Crippen molar-refractivity contribution in [1.82, 2.24) is 0 Å². The molecule has 4 heteroatoms. The van der Waals surface area contributed by atoms with Gasteiger partial charge in [0.25, 0.3) is 0 Å². The zero-order chi connectivity index (χ0) is 15.6. The topological polar surface area (TPSA) is 33.3 Å². The molecule has 0 bridgehead atoms. The maximum absolute atomic E-state index is 5.19. The molecule has 1 heterocycles. The fraction of sp³-hybridized carbons (Fsp3) is 0.0526. The molecule has 0 aliphatic carbocycles. The molecule has 3 aromatic rings. The molecule has 0 saturated heterocycles. The van der Waals surface area contributed by atoms with Crippen LogP contribution in [0.15, 0.2) is 66.6 Å². The van der Waals surface area contributed by atoms with Gasteiger partial charge in [0.05, 0.1) is 7.11 Å². The maximum Gasteiger partial charge on any atom is 0.398 e. The van der Waals surface area contributed by atoms with E-state index in [1.165, 1.54) is 22.1 Å². The Kier molecular flexibility index (Phi) is 3.43. The van der Waals surface area contributed by atoms with Crippen molar-refractivity contribution in [2.75, 3.05) is 17.6 Å². The standard InChI is InChI=1S/C19H17BN2O/c1-23-16-10-8-14(9-11-16)12-13-20-21-17-6-2-4-15-5-3-7-18(22-20)19(15)17/h2-13,21-22H,1H3/b13-12+. The summed E-state index contributed by atoms with van der Waals surface area (Å²) in [5.41, 5.74) is 3.48. The molecule has 1 aliphatic heterocycles. The zero-order valence-electron chi connectivity index (χ0n) is 12.9. The quantitative estimate of drug-likeness (QED) is 0.702. The van der Waals surface area contributed by atoms with E-state index in [0.29, 0.717) is 0 Å². The van der Waals surface area contributed by atoms with Crippen molar-refractivity contribution >= 4 is 35.2 Å². The predicted octanol–water partition coefficient (Wildman–Crippen LogP) is 4.43. The molecule has 1 aliphatic rings. The first kappa shape index (κ1) is 13.8. The minimum absolute atomic E-state index is 0.0672. The molecule has 23 heavy (non-hydrogen) atoms. The molecule has 0 aromatic heterocycles. The monoisotopic (exact) mass is 300 g/mol. The Morgan fingerprint density at radius 1 is 0.870 bits per heavy atom. The Balaban J connectivity index is 1.59. The van der Waals surface area contributed by atoms with Gasteiger partial charge in [0, 0.05) is 16.8 Å².